The molecule has 1 nitrogen and oxygen atoms in total. The van der Waals surface area contributed by atoms with Crippen molar-refractivity contribution in [2.75, 3.05) is 0 Å². The van der Waals surface area contributed by atoms with Gasteiger partial charge in [0, 0.05) is 5.41 Å². The fraction of sp³-hybridized carbons (Fsp3) is 0.778. The van der Waals surface area contributed by atoms with Crippen LogP contribution in [-0.4, -0.2) is 10.7 Å². The van der Waals surface area contributed by atoms with Crippen molar-refractivity contribution in [3.8, 4) is 0 Å². The minimum Gasteiger partial charge on any atom is -0.386 e. The number of aliphatic hydroxyl groups is 1. The van der Waals surface area contributed by atoms with Gasteiger partial charge in [-0.05, 0) is 26.3 Å². The van der Waals surface area contributed by atoms with Crippen LogP contribution in [0.4, 0.5) is 0 Å². The number of allylic oxidation sites excluding steroid dienone is 1. The summed E-state index contributed by atoms with van der Waals surface area (Å²) in [6.45, 7) is 10.1. The Kier molecular flexibility index (Phi) is 1.28. The minimum absolute atomic E-state index is 0.193. The first-order valence-electron chi connectivity index (χ1n) is 3.72. The standard InChI is InChI=1S/C9H16O/c1-6-7(8(6,2)3)9(4,5)10/h10H,1-5H3. The molecule has 1 aliphatic carbocycles. The number of rotatable bonds is 1. The van der Waals surface area contributed by atoms with E-state index in [0.29, 0.717) is 0 Å². The SMILES string of the molecule is CC1=C(C(C)(C)O)C1(C)C. The molecule has 0 aromatic heterocycles. The Balaban J connectivity index is 2.82. The molecule has 0 fully saturated rings. The van der Waals surface area contributed by atoms with Crippen LogP contribution in [-0.2, 0) is 0 Å². The summed E-state index contributed by atoms with van der Waals surface area (Å²) in [5.74, 6) is 0. The van der Waals surface area contributed by atoms with Crippen molar-refractivity contribution >= 4 is 0 Å². The van der Waals surface area contributed by atoms with Gasteiger partial charge in [0.15, 0.2) is 0 Å². The molecule has 0 aromatic rings. The molecule has 0 aliphatic heterocycles. The van der Waals surface area contributed by atoms with Gasteiger partial charge in [-0.3, -0.25) is 0 Å². The minimum atomic E-state index is -0.604. The lowest BCUT2D eigenvalue weighted by atomic mass is 9.95. The van der Waals surface area contributed by atoms with Crippen LogP contribution in [0.3, 0.4) is 0 Å². The third-order valence-electron chi connectivity index (χ3n) is 2.49. The van der Waals surface area contributed by atoms with E-state index in [1.165, 1.54) is 11.1 Å². The first kappa shape index (κ1) is 7.80. The van der Waals surface area contributed by atoms with E-state index >= 15 is 0 Å². The van der Waals surface area contributed by atoms with Crippen molar-refractivity contribution in [2.45, 2.75) is 40.2 Å². The Labute approximate surface area is 62.8 Å². The van der Waals surface area contributed by atoms with Crippen LogP contribution in [0.15, 0.2) is 11.1 Å². The molecule has 0 aromatic carbocycles. The highest BCUT2D eigenvalue weighted by atomic mass is 16.3. The molecule has 0 heterocycles. The van der Waals surface area contributed by atoms with Crippen LogP contribution in [0.25, 0.3) is 0 Å². The van der Waals surface area contributed by atoms with Crippen molar-refractivity contribution < 1.29 is 5.11 Å². The molecule has 0 amide bonds. The second-order valence-corrected chi connectivity index (χ2v) is 4.18. The van der Waals surface area contributed by atoms with E-state index in [4.69, 9.17) is 0 Å². The maximum Gasteiger partial charge on any atom is 0.0811 e. The van der Waals surface area contributed by atoms with Gasteiger partial charge in [0.25, 0.3) is 0 Å². The predicted molar refractivity (Wildman–Crippen MR) is 42.8 cm³/mol. The van der Waals surface area contributed by atoms with Crippen molar-refractivity contribution in [3.05, 3.63) is 11.1 Å². The summed E-state index contributed by atoms with van der Waals surface area (Å²) in [5.41, 5.74) is 2.14. The van der Waals surface area contributed by atoms with E-state index in [9.17, 15) is 5.11 Å². The van der Waals surface area contributed by atoms with Crippen LogP contribution in [0.2, 0.25) is 0 Å². The lowest BCUT2D eigenvalue weighted by Crippen LogP contribution is -2.20. The molecular formula is C9H16O. The quantitative estimate of drug-likeness (QED) is 0.553. The highest BCUT2D eigenvalue weighted by Crippen LogP contribution is 2.56. The van der Waals surface area contributed by atoms with E-state index in [2.05, 4.69) is 20.8 Å². The second-order valence-electron chi connectivity index (χ2n) is 4.18. The first-order chi connectivity index (χ1) is 4.28. The van der Waals surface area contributed by atoms with Gasteiger partial charge in [0.1, 0.15) is 0 Å². The molecule has 0 atom stereocenters. The van der Waals surface area contributed by atoms with Crippen LogP contribution >= 0.6 is 0 Å². The summed E-state index contributed by atoms with van der Waals surface area (Å²) < 4.78 is 0. The Bertz CT molecular complexity index is 191. The largest absolute Gasteiger partial charge is 0.386 e. The number of hydrogen-bond acceptors (Lipinski definition) is 1. The summed E-state index contributed by atoms with van der Waals surface area (Å²) in [7, 11) is 0. The van der Waals surface area contributed by atoms with E-state index < -0.39 is 5.60 Å². The first-order valence-corrected chi connectivity index (χ1v) is 3.72. The zero-order chi connectivity index (χ0) is 8.15. The Morgan fingerprint density at radius 3 is 1.60 bits per heavy atom. The number of hydrogen-bond donors (Lipinski definition) is 1. The van der Waals surface area contributed by atoms with Crippen molar-refractivity contribution in [2.24, 2.45) is 5.41 Å². The molecule has 1 N–H and O–H groups in total. The molecule has 58 valence electrons. The van der Waals surface area contributed by atoms with Crippen LogP contribution in [0, 0.1) is 5.41 Å². The summed E-state index contributed by atoms with van der Waals surface area (Å²) in [5, 5.41) is 9.61. The van der Waals surface area contributed by atoms with Crippen molar-refractivity contribution in [1.82, 2.24) is 0 Å². The highest BCUT2D eigenvalue weighted by molar-refractivity contribution is 5.50. The van der Waals surface area contributed by atoms with Crippen LogP contribution < -0.4 is 0 Å². The maximum atomic E-state index is 9.61. The lowest BCUT2D eigenvalue weighted by molar-refractivity contribution is 0.116. The molecule has 0 bridgehead atoms. The average Bonchev–Trinajstić information content (AvgIpc) is 2.03. The Hall–Kier alpha value is -0.300. The molecule has 1 aliphatic rings. The Morgan fingerprint density at radius 2 is 1.60 bits per heavy atom. The van der Waals surface area contributed by atoms with Gasteiger partial charge in [-0.2, -0.15) is 0 Å². The molecule has 10 heavy (non-hydrogen) atoms. The van der Waals surface area contributed by atoms with Crippen LogP contribution in [0.5, 0.6) is 0 Å². The van der Waals surface area contributed by atoms with E-state index in [-0.39, 0.29) is 5.41 Å². The monoisotopic (exact) mass is 140 g/mol. The van der Waals surface area contributed by atoms with E-state index in [1.54, 1.807) is 0 Å². The van der Waals surface area contributed by atoms with Gasteiger partial charge in [0.05, 0.1) is 5.60 Å². The zero-order valence-electron chi connectivity index (χ0n) is 7.45. The molecule has 0 unspecified atom stereocenters. The molecule has 0 spiro atoms. The van der Waals surface area contributed by atoms with Gasteiger partial charge in [-0.15, -0.1) is 0 Å². The third-order valence-corrected chi connectivity index (χ3v) is 2.49. The van der Waals surface area contributed by atoms with Crippen molar-refractivity contribution in [3.63, 3.8) is 0 Å². The molecule has 0 saturated carbocycles. The fourth-order valence-corrected chi connectivity index (χ4v) is 1.88. The van der Waals surface area contributed by atoms with Crippen LogP contribution in [0.1, 0.15) is 34.6 Å². The van der Waals surface area contributed by atoms with Crippen molar-refractivity contribution in [1.29, 1.82) is 0 Å². The fourth-order valence-electron chi connectivity index (χ4n) is 1.88. The van der Waals surface area contributed by atoms with E-state index in [1.807, 2.05) is 13.8 Å². The summed E-state index contributed by atoms with van der Waals surface area (Å²) in [6, 6.07) is 0. The molecule has 0 saturated heterocycles. The average molecular weight is 140 g/mol. The normalized spacial score (nSPS) is 23.4. The van der Waals surface area contributed by atoms with Gasteiger partial charge < -0.3 is 5.11 Å². The lowest BCUT2D eigenvalue weighted by Gasteiger charge is -2.17. The van der Waals surface area contributed by atoms with E-state index in [0.717, 1.165) is 0 Å². The highest BCUT2D eigenvalue weighted by Gasteiger charge is 2.48. The zero-order valence-corrected chi connectivity index (χ0v) is 7.45. The summed E-state index contributed by atoms with van der Waals surface area (Å²) in [4.78, 5) is 0. The molecule has 0 radical (unpaired) electrons. The Morgan fingerprint density at radius 1 is 1.30 bits per heavy atom. The maximum absolute atomic E-state index is 9.61. The smallest absolute Gasteiger partial charge is 0.0811 e. The van der Waals surface area contributed by atoms with Gasteiger partial charge in [-0.1, -0.05) is 19.4 Å². The topological polar surface area (TPSA) is 20.2 Å². The van der Waals surface area contributed by atoms with Gasteiger partial charge in [-0.25, -0.2) is 0 Å². The van der Waals surface area contributed by atoms with Gasteiger partial charge >= 0.3 is 0 Å². The second kappa shape index (κ2) is 1.65. The summed E-state index contributed by atoms with van der Waals surface area (Å²) >= 11 is 0. The third kappa shape index (κ3) is 0.891. The molecular weight excluding hydrogens is 124 g/mol. The van der Waals surface area contributed by atoms with Gasteiger partial charge in [0.2, 0.25) is 0 Å². The predicted octanol–water partition coefficient (Wildman–Crippen LogP) is 2.11. The molecule has 1 rings (SSSR count). The summed E-state index contributed by atoms with van der Waals surface area (Å²) in [6.07, 6.45) is 0. The molecule has 1 heteroatoms.